The fourth-order valence-corrected chi connectivity index (χ4v) is 2.18. The molecule has 2 aromatic rings. The summed E-state index contributed by atoms with van der Waals surface area (Å²) in [6.45, 7) is 7.72. The molecule has 1 heterocycles. The van der Waals surface area contributed by atoms with E-state index < -0.39 is 0 Å². The number of tetrazole rings is 1. The van der Waals surface area contributed by atoms with Crippen LogP contribution in [-0.2, 0) is 11.9 Å². The molecule has 1 atom stereocenters. The molecule has 0 aliphatic heterocycles. The molecule has 7 heteroatoms. The van der Waals surface area contributed by atoms with Crippen LogP contribution in [0.15, 0.2) is 39.8 Å². The molecule has 23 heavy (non-hydrogen) atoms. The van der Waals surface area contributed by atoms with Crippen molar-refractivity contribution >= 4 is 6.21 Å². The van der Waals surface area contributed by atoms with Gasteiger partial charge >= 0.3 is 5.69 Å². The van der Waals surface area contributed by atoms with Crippen molar-refractivity contribution in [1.82, 2.24) is 19.8 Å². The van der Waals surface area contributed by atoms with Gasteiger partial charge in [-0.2, -0.15) is 9.36 Å². The van der Waals surface area contributed by atoms with Gasteiger partial charge in [0.2, 0.25) is 0 Å². The summed E-state index contributed by atoms with van der Waals surface area (Å²) >= 11 is 0. The Kier molecular flexibility index (Phi) is 5.10. The van der Waals surface area contributed by atoms with Crippen LogP contribution in [-0.4, -0.2) is 26.0 Å². The van der Waals surface area contributed by atoms with Gasteiger partial charge in [0.15, 0.2) is 6.10 Å². The Balaban J connectivity index is 2.40. The predicted octanol–water partition coefficient (Wildman–Crippen LogP) is 2.30. The predicted molar refractivity (Wildman–Crippen MR) is 88.8 cm³/mol. The summed E-state index contributed by atoms with van der Waals surface area (Å²) in [5, 5.41) is 11.7. The lowest BCUT2D eigenvalue weighted by atomic mass is 10.0. The Morgan fingerprint density at radius 2 is 2.13 bits per heavy atom. The van der Waals surface area contributed by atoms with Crippen LogP contribution in [0.1, 0.15) is 38.0 Å². The minimum atomic E-state index is -0.332. The first-order chi connectivity index (χ1) is 11.0. The molecule has 122 valence electrons. The zero-order valence-electron chi connectivity index (χ0n) is 14.0. The lowest BCUT2D eigenvalue weighted by molar-refractivity contribution is 0.0730. The Morgan fingerprint density at radius 1 is 1.39 bits per heavy atom. The number of nitrogens with zero attached hydrogens (tertiary/aromatic N) is 5. The van der Waals surface area contributed by atoms with Crippen LogP contribution in [0.5, 0.6) is 0 Å². The third kappa shape index (κ3) is 3.56. The molecule has 2 rings (SSSR count). The highest BCUT2D eigenvalue weighted by Crippen LogP contribution is 2.26. The SMILES string of the molecule is CC=C(C)C=NOC(C)c1c(C)cccc1-n1nnn(C)c1=O. The summed E-state index contributed by atoms with van der Waals surface area (Å²) < 4.78 is 2.45. The molecule has 1 unspecified atom stereocenters. The maximum atomic E-state index is 12.1. The first-order valence-corrected chi connectivity index (χ1v) is 7.36. The second-order valence-electron chi connectivity index (χ2n) is 5.32. The number of aryl methyl sites for hydroxylation is 2. The highest BCUT2D eigenvalue weighted by Gasteiger charge is 2.18. The number of hydrogen-bond donors (Lipinski definition) is 0. The maximum absolute atomic E-state index is 12.1. The molecule has 7 nitrogen and oxygen atoms in total. The monoisotopic (exact) mass is 315 g/mol. The quantitative estimate of drug-likeness (QED) is 0.627. The van der Waals surface area contributed by atoms with E-state index >= 15 is 0 Å². The van der Waals surface area contributed by atoms with Crippen LogP contribution >= 0.6 is 0 Å². The normalized spacial score (nSPS) is 13.5. The van der Waals surface area contributed by atoms with Crippen LogP contribution < -0.4 is 5.69 Å². The number of allylic oxidation sites excluding steroid dienone is 2. The van der Waals surface area contributed by atoms with Gasteiger partial charge in [-0.15, -0.1) is 0 Å². The summed E-state index contributed by atoms with van der Waals surface area (Å²) in [5.41, 5.74) is 3.19. The van der Waals surface area contributed by atoms with E-state index in [0.29, 0.717) is 5.69 Å². The number of aromatic nitrogens is 4. The molecular formula is C16H21N5O2. The molecule has 0 saturated heterocycles. The molecular weight excluding hydrogens is 294 g/mol. The van der Waals surface area contributed by atoms with Gasteiger partial charge in [0.1, 0.15) is 0 Å². The second-order valence-corrected chi connectivity index (χ2v) is 5.32. The summed E-state index contributed by atoms with van der Waals surface area (Å²) in [6.07, 6.45) is 3.26. The van der Waals surface area contributed by atoms with Gasteiger partial charge in [0.05, 0.1) is 11.9 Å². The van der Waals surface area contributed by atoms with Crippen molar-refractivity contribution in [3.8, 4) is 5.69 Å². The summed E-state index contributed by atoms with van der Waals surface area (Å²) in [4.78, 5) is 17.7. The molecule has 0 aliphatic carbocycles. The average Bonchev–Trinajstić information content (AvgIpc) is 2.86. The topological polar surface area (TPSA) is 74.3 Å². The molecule has 0 bridgehead atoms. The van der Waals surface area contributed by atoms with E-state index in [1.165, 1.54) is 9.36 Å². The minimum absolute atomic E-state index is 0.308. The Labute approximate surface area is 134 Å². The fourth-order valence-electron chi connectivity index (χ4n) is 2.18. The van der Waals surface area contributed by atoms with Crippen LogP contribution in [0.3, 0.4) is 0 Å². The Bertz CT molecular complexity index is 801. The first kappa shape index (κ1) is 16.7. The number of oxime groups is 1. The van der Waals surface area contributed by atoms with E-state index in [-0.39, 0.29) is 11.8 Å². The van der Waals surface area contributed by atoms with Crippen molar-refractivity contribution in [2.24, 2.45) is 12.2 Å². The largest absolute Gasteiger partial charge is 0.388 e. The number of rotatable bonds is 5. The number of benzene rings is 1. The van der Waals surface area contributed by atoms with Gasteiger partial charge < -0.3 is 4.84 Å². The summed E-state index contributed by atoms with van der Waals surface area (Å²) in [7, 11) is 1.56. The Morgan fingerprint density at radius 3 is 2.74 bits per heavy atom. The maximum Gasteiger partial charge on any atom is 0.368 e. The van der Waals surface area contributed by atoms with Gasteiger partial charge in [0, 0.05) is 12.6 Å². The Hall–Kier alpha value is -2.70. The minimum Gasteiger partial charge on any atom is -0.388 e. The van der Waals surface area contributed by atoms with E-state index in [2.05, 4.69) is 15.6 Å². The van der Waals surface area contributed by atoms with Crippen LogP contribution in [0.2, 0.25) is 0 Å². The van der Waals surface area contributed by atoms with Crippen molar-refractivity contribution in [3.63, 3.8) is 0 Å². The van der Waals surface area contributed by atoms with Gasteiger partial charge in [-0.05, 0) is 55.3 Å². The third-order valence-corrected chi connectivity index (χ3v) is 3.59. The smallest absolute Gasteiger partial charge is 0.368 e. The van der Waals surface area contributed by atoms with Crippen molar-refractivity contribution in [1.29, 1.82) is 0 Å². The van der Waals surface area contributed by atoms with Crippen LogP contribution in [0.4, 0.5) is 0 Å². The van der Waals surface area contributed by atoms with Crippen LogP contribution in [0, 0.1) is 6.92 Å². The highest BCUT2D eigenvalue weighted by atomic mass is 16.6. The zero-order valence-corrected chi connectivity index (χ0v) is 14.0. The average molecular weight is 315 g/mol. The third-order valence-electron chi connectivity index (χ3n) is 3.59. The molecule has 0 amide bonds. The van der Waals surface area contributed by atoms with Crippen molar-refractivity contribution in [3.05, 3.63) is 51.5 Å². The van der Waals surface area contributed by atoms with E-state index in [9.17, 15) is 4.79 Å². The molecule has 0 N–H and O–H groups in total. The summed E-state index contributed by atoms with van der Waals surface area (Å²) in [6, 6.07) is 5.65. The van der Waals surface area contributed by atoms with E-state index in [1.54, 1.807) is 13.3 Å². The fraction of sp³-hybridized carbons (Fsp3) is 0.375. The molecule has 0 fully saturated rings. The van der Waals surface area contributed by atoms with Crippen molar-refractivity contribution in [2.75, 3.05) is 0 Å². The zero-order chi connectivity index (χ0) is 17.0. The lowest BCUT2D eigenvalue weighted by Crippen LogP contribution is -2.23. The highest BCUT2D eigenvalue weighted by molar-refractivity contribution is 5.76. The standard InChI is InChI=1S/C16H21N5O2/c1-6-11(2)10-17-23-13(4)15-12(3)8-7-9-14(15)21-16(22)20(5)18-19-21/h6-10,13H,1-5H3. The van der Waals surface area contributed by atoms with Crippen molar-refractivity contribution < 1.29 is 4.84 Å². The van der Waals surface area contributed by atoms with Gasteiger partial charge in [0.25, 0.3) is 0 Å². The van der Waals surface area contributed by atoms with Crippen molar-refractivity contribution in [2.45, 2.75) is 33.8 Å². The van der Waals surface area contributed by atoms with E-state index in [4.69, 9.17) is 4.84 Å². The summed E-state index contributed by atoms with van der Waals surface area (Å²) in [5.74, 6) is 0. The molecule has 0 radical (unpaired) electrons. The number of hydrogen-bond acceptors (Lipinski definition) is 5. The first-order valence-electron chi connectivity index (χ1n) is 7.36. The van der Waals surface area contributed by atoms with Gasteiger partial charge in [-0.1, -0.05) is 23.4 Å². The molecule has 0 aliphatic rings. The van der Waals surface area contributed by atoms with E-state index in [0.717, 1.165) is 16.7 Å². The molecule has 0 spiro atoms. The lowest BCUT2D eigenvalue weighted by Gasteiger charge is -2.16. The van der Waals surface area contributed by atoms with Gasteiger partial charge in [-0.3, -0.25) is 0 Å². The molecule has 0 saturated carbocycles. The second kappa shape index (κ2) is 7.04. The molecule has 1 aromatic heterocycles. The molecule has 1 aromatic carbocycles. The van der Waals surface area contributed by atoms with Crippen LogP contribution in [0.25, 0.3) is 5.69 Å². The van der Waals surface area contributed by atoms with E-state index in [1.807, 2.05) is 52.0 Å². The van der Waals surface area contributed by atoms with Gasteiger partial charge in [-0.25, -0.2) is 4.79 Å².